The summed E-state index contributed by atoms with van der Waals surface area (Å²) >= 11 is 0. The van der Waals surface area contributed by atoms with Crippen LogP contribution < -0.4 is 10.4 Å². The van der Waals surface area contributed by atoms with Crippen LogP contribution in [0.5, 0.6) is 0 Å². The molecular formula is C18H20. The molecule has 0 amide bonds. The second kappa shape index (κ2) is 4.81. The largest absolute Gasteiger partial charge is 0.0988 e. The average Bonchev–Trinajstić information content (AvgIpc) is 2.37. The van der Waals surface area contributed by atoms with Crippen molar-refractivity contribution in [3.63, 3.8) is 0 Å². The molecule has 0 N–H and O–H groups in total. The van der Waals surface area contributed by atoms with Crippen molar-refractivity contribution in [3.8, 4) is 0 Å². The summed E-state index contributed by atoms with van der Waals surface area (Å²) in [7, 11) is 0. The Balaban J connectivity index is 3.15. The van der Waals surface area contributed by atoms with Gasteiger partial charge in [0.1, 0.15) is 0 Å². The van der Waals surface area contributed by atoms with E-state index in [0.29, 0.717) is 5.92 Å². The van der Waals surface area contributed by atoms with Crippen LogP contribution in [0.2, 0.25) is 0 Å². The second-order valence-corrected chi connectivity index (χ2v) is 5.09. The Morgan fingerprint density at radius 2 is 1.89 bits per heavy atom. The molecule has 0 atom stereocenters. The van der Waals surface area contributed by atoms with Crippen molar-refractivity contribution >= 4 is 22.9 Å². The highest BCUT2D eigenvalue weighted by atomic mass is 14.1. The summed E-state index contributed by atoms with van der Waals surface area (Å²) in [5.41, 5.74) is 2.58. The van der Waals surface area contributed by atoms with Crippen molar-refractivity contribution in [3.05, 3.63) is 59.0 Å². The van der Waals surface area contributed by atoms with Gasteiger partial charge in [0.2, 0.25) is 0 Å². The quantitative estimate of drug-likeness (QED) is 0.745. The lowest BCUT2D eigenvalue weighted by Crippen LogP contribution is -2.26. The van der Waals surface area contributed by atoms with E-state index in [-0.39, 0.29) is 0 Å². The van der Waals surface area contributed by atoms with Gasteiger partial charge in [0.05, 0.1) is 0 Å². The van der Waals surface area contributed by atoms with Crippen molar-refractivity contribution in [2.24, 2.45) is 0 Å². The van der Waals surface area contributed by atoms with Crippen LogP contribution in [-0.2, 0) is 0 Å². The number of hydrogen-bond donors (Lipinski definition) is 0. The van der Waals surface area contributed by atoms with E-state index >= 15 is 0 Å². The maximum absolute atomic E-state index is 4.17. The molecule has 92 valence electrons. The summed E-state index contributed by atoms with van der Waals surface area (Å²) in [6.45, 7) is 14.6. The van der Waals surface area contributed by atoms with Gasteiger partial charge in [0, 0.05) is 0 Å². The standard InChI is InChI=1S/C18H20/c1-6-13(4)17-14(5)10-11-15-8-7-9-16(12(2)3)18(15)17/h6-12H,1,5H2,2-4H3/b17-13+. The highest BCUT2D eigenvalue weighted by Crippen LogP contribution is 2.22. The minimum Gasteiger partial charge on any atom is -0.0988 e. The van der Waals surface area contributed by atoms with Crippen LogP contribution in [0.15, 0.2) is 43.0 Å². The molecule has 0 saturated heterocycles. The zero-order valence-corrected chi connectivity index (χ0v) is 11.5. The van der Waals surface area contributed by atoms with Gasteiger partial charge in [-0.1, -0.05) is 63.4 Å². The summed E-state index contributed by atoms with van der Waals surface area (Å²) < 4.78 is 0. The van der Waals surface area contributed by atoms with E-state index in [1.807, 2.05) is 6.08 Å². The molecule has 2 aromatic rings. The molecule has 0 aliphatic heterocycles. The molecule has 0 aromatic heterocycles. The Hall–Kier alpha value is -1.82. The van der Waals surface area contributed by atoms with Crippen LogP contribution >= 0.6 is 0 Å². The van der Waals surface area contributed by atoms with Crippen LogP contribution in [0.25, 0.3) is 22.9 Å². The predicted octanol–water partition coefficient (Wildman–Crippen LogP) is 3.73. The first kappa shape index (κ1) is 12.6. The molecule has 0 heterocycles. The fourth-order valence-corrected chi connectivity index (χ4v) is 2.48. The zero-order valence-electron chi connectivity index (χ0n) is 11.5. The van der Waals surface area contributed by atoms with Crippen LogP contribution in [0.4, 0.5) is 0 Å². The molecule has 0 saturated carbocycles. The Morgan fingerprint density at radius 3 is 2.50 bits per heavy atom. The van der Waals surface area contributed by atoms with Gasteiger partial charge in [-0.05, 0) is 45.2 Å². The summed E-state index contributed by atoms with van der Waals surface area (Å²) in [5, 5.41) is 4.93. The third kappa shape index (κ3) is 1.99. The summed E-state index contributed by atoms with van der Waals surface area (Å²) in [4.78, 5) is 0. The molecule has 18 heavy (non-hydrogen) atoms. The van der Waals surface area contributed by atoms with Crippen molar-refractivity contribution in [1.29, 1.82) is 0 Å². The highest BCUT2D eigenvalue weighted by molar-refractivity contribution is 5.89. The third-order valence-corrected chi connectivity index (χ3v) is 3.49. The molecule has 0 bridgehead atoms. The van der Waals surface area contributed by atoms with E-state index < -0.39 is 0 Å². The van der Waals surface area contributed by atoms with Gasteiger partial charge in [0.25, 0.3) is 0 Å². The lowest BCUT2D eigenvalue weighted by molar-refractivity contribution is 0.875. The Bertz CT molecular complexity index is 703. The highest BCUT2D eigenvalue weighted by Gasteiger charge is 2.07. The maximum Gasteiger partial charge on any atom is -0.00682 e. The molecule has 0 aliphatic carbocycles. The zero-order chi connectivity index (χ0) is 13.3. The molecule has 0 nitrogen and oxygen atoms in total. The molecule has 2 aromatic carbocycles. The third-order valence-electron chi connectivity index (χ3n) is 3.49. The van der Waals surface area contributed by atoms with Gasteiger partial charge >= 0.3 is 0 Å². The average molecular weight is 236 g/mol. The van der Waals surface area contributed by atoms with Crippen LogP contribution in [0.1, 0.15) is 32.3 Å². The lowest BCUT2D eigenvalue weighted by Gasteiger charge is -2.12. The lowest BCUT2D eigenvalue weighted by atomic mass is 9.93. The SMILES string of the molecule is C=C/C(C)=c1\c(=C)ccc2cccc(C(C)C)c12. The summed E-state index contributed by atoms with van der Waals surface area (Å²) in [5.74, 6) is 0.506. The second-order valence-electron chi connectivity index (χ2n) is 5.09. The van der Waals surface area contributed by atoms with Crippen LogP contribution in [-0.4, -0.2) is 0 Å². The van der Waals surface area contributed by atoms with E-state index in [1.54, 1.807) is 0 Å². The number of hydrogen-bond acceptors (Lipinski definition) is 0. The van der Waals surface area contributed by atoms with E-state index in [0.717, 1.165) is 5.22 Å². The van der Waals surface area contributed by atoms with Crippen molar-refractivity contribution in [2.75, 3.05) is 0 Å². The van der Waals surface area contributed by atoms with E-state index in [4.69, 9.17) is 0 Å². The minimum atomic E-state index is 0.506. The number of rotatable bonds is 2. The van der Waals surface area contributed by atoms with E-state index in [1.165, 1.54) is 27.1 Å². The van der Waals surface area contributed by atoms with Gasteiger partial charge in [-0.25, -0.2) is 0 Å². The Morgan fingerprint density at radius 1 is 1.17 bits per heavy atom. The smallest absolute Gasteiger partial charge is 0.00682 e. The Labute approximate surface area is 109 Å². The predicted molar refractivity (Wildman–Crippen MR) is 82.1 cm³/mol. The maximum atomic E-state index is 4.17. The molecular weight excluding hydrogens is 216 g/mol. The van der Waals surface area contributed by atoms with Crippen LogP contribution in [0, 0.1) is 0 Å². The number of benzene rings is 2. The van der Waals surface area contributed by atoms with Gasteiger partial charge in [0.15, 0.2) is 0 Å². The molecule has 2 rings (SSSR count). The van der Waals surface area contributed by atoms with Gasteiger partial charge in [-0.2, -0.15) is 0 Å². The van der Waals surface area contributed by atoms with Gasteiger partial charge < -0.3 is 0 Å². The monoisotopic (exact) mass is 236 g/mol. The minimum absolute atomic E-state index is 0.506. The van der Waals surface area contributed by atoms with Gasteiger partial charge in [-0.3, -0.25) is 0 Å². The Kier molecular flexibility index (Phi) is 3.38. The first-order valence-corrected chi connectivity index (χ1v) is 6.40. The molecule has 0 fully saturated rings. The normalized spacial score (nSPS) is 12.9. The van der Waals surface area contributed by atoms with Gasteiger partial charge in [-0.15, -0.1) is 0 Å². The topological polar surface area (TPSA) is 0 Å². The van der Waals surface area contributed by atoms with E-state index in [9.17, 15) is 0 Å². The molecule has 0 spiro atoms. The molecule has 0 unspecified atom stereocenters. The fraction of sp³-hybridized carbons (Fsp3) is 0.222. The van der Waals surface area contributed by atoms with Crippen molar-refractivity contribution < 1.29 is 0 Å². The summed E-state index contributed by atoms with van der Waals surface area (Å²) in [6.07, 6.45) is 1.92. The fourth-order valence-electron chi connectivity index (χ4n) is 2.48. The van der Waals surface area contributed by atoms with E-state index in [2.05, 4.69) is 64.3 Å². The van der Waals surface area contributed by atoms with Crippen molar-refractivity contribution in [2.45, 2.75) is 26.7 Å². The first-order chi connectivity index (χ1) is 8.56. The summed E-state index contributed by atoms with van der Waals surface area (Å²) in [6, 6.07) is 10.8. The number of allylic oxidation sites excluding steroid dienone is 1. The molecule has 0 radical (unpaired) electrons. The van der Waals surface area contributed by atoms with Crippen LogP contribution in [0.3, 0.4) is 0 Å². The molecule has 0 aliphatic rings. The number of fused-ring (bicyclic) bond motifs is 1. The first-order valence-electron chi connectivity index (χ1n) is 6.40. The molecule has 0 heteroatoms. The van der Waals surface area contributed by atoms with Crippen molar-refractivity contribution in [1.82, 2.24) is 0 Å².